The molecule has 0 aliphatic heterocycles. The topological polar surface area (TPSA) is 88.9 Å². The van der Waals surface area contributed by atoms with Gasteiger partial charge in [-0.2, -0.15) is 0 Å². The van der Waals surface area contributed by atoms with Gasteiger partial charge in [0.25, 0.3) is 5.91 Å². The highest BCUT2D eigenvalue weighted by Gasteiger charge is 2.14. The quantitative estimate of drug-likeness (QED) is 0.541. The van der Waals surface area contributed by atoms with Gasteiger partial charge in [0.2, 0.25) is 5.91 Å². The van der Waals surface area contributed by atoms with E-state index in [4.69, 9.17) is 0 Å². The molecule has 2 N–H and O–H groups in total. The van der Waals surface area contributed by atoms with Crippen LogP contribution < -0.4 is 10.6 Å². The summed E-state index contributed by atoms with van der Waals surface area (Å²) in [6.07, 6.45) is 0. The molecule has 30 heavy (non-hydrogen) atoms. The maximum atomic E-state index is 12.4. The number of nitrogens with one attached hydrogen (secondary N) is 2. The van der Waals surface area contributed by atoms with Crippen LogP contribution in [0.3, 0.4) is 0 Å². The average Bonchev–Trinajstić information content (AvgIpc) is 3.12. The van der Waals surface area contributed by atoms with Crippen molar-refractivity contribution < 1.29 is 9.59 Å². The second kappa shape index (κ2) is 10.1. The highest BCUT2D eigenvalue weighted by Crippen LogP contribution is 2.18. The number of hydrogen-bond acceptors (Lipinski definition) is 5. The third kappa shape index (κ3) is 5.70. The molecular formula is C22H25N5O2S. The fourth-order valence-corrected chi connectivity index (χ4v) is 3.79. The van der Waals surface area contributed by atoms with Gasteiger partial charge in [-0.15, -0.1) is 10.2 Å². The lowest BCUT2D eigenvalue weighted by molar-refractivity contribution is -0.113. The SMILES string of the molecule is CCn1c(CNC(=O)c2cccc(C)c2)nnc1SCC(=O)Nc1cccc(C)c1. The molecule has 7 nitrogen and oxygen atoms in total. The van der Waals surface area contributed by atoms with Gasteiger partial charge >= 0.3 is 0 Å². The fraction of sp³-hybridized carbons (Fsp3) is 0.273. The normalized spacial score (nSPS) is 10.6. The first-order valence-electron chi connectivity index (χ1n) is 9.72. The number of rotatable bonds is 8. The Labute approximate surface area is 180 Å². The molecule has 0 saturated carbocycles. The van der Waals surface area contributed by atoms with E-state index in [9.17, 15) is 9.59 Å². The molecule has 3 rings (SSSR count). The number of benzene rings is 2. The Morgan fingerprint density at radius 3 is 2.47 bits per heavy atom. The van der Waals surface area contributed by atoms with E-state index in [1.807, 2.05) is 67.8 Å². The number of aromatic nitrogens is 3. The number of anilines is 1. The third-order valence-corrected chi connectivity index (χ3v) is 5.40. The van der Waals surface area contributed by atoms with Crippen molar-refractivity contribution in [1.29, 1.82) is 0 Å². The minimum atomic E-state index is -0.156. The Hall–Kier alpha value is -3.13. The first kappa shape index (κ1) is 21.6. The van der Waals surface area contributed by atoms with E-state index in [2.05, 4.69) is 20.8 Å². The molecule has 3 aromatic rings. The van der Waals surface area contributed by atoms with Crippen LogP contribution in [0, 0.1) is 13.8 Å². The van der Waals surface area contributed by atoms with Crippen LogP contribution in [0.5, 0.6) is 0 Å². The molecule has 2 aromatic carbocycles. The van der Waals surface area contributed by atoms with E-state index >= 15 is 0 Å². The molecule has 0 bridgehead atoms. The second-order valence-electron chi connectivity index (χ2n) is 6.90. The van der Waals surface area contributed by atoms with Crippen LogP contribution in [0.2, 0.25) is 0 Å². The summed E-state index contributed by atoms with van der Waals surface area (Å²) in [6, 6.07) is 15.1. The molecule has 1 heterocycles. The van der Waals surface area contributed by atoms with Crippen LogP contribution >= 0.6 is 11.8 Å². The van der Waals surface area contributed by atoms with E-state index < -0.39 is 0 Å². The summed E-state index contributed by atoms with van der Waals surface area (Å²) in [5, 5.41) is 14.8. The standard InChI is InChI=1S/C22H25N5O2S/c1-4-27-19(13-23-21(29)17-9-5-7-15(2)11-17)25-26-22(27)30-14-20(28)24-18-10-6-8-16(3)12-18/h5-12H,4,13-14H2,1-3H3,(H,23,29)(H,24,28). The van der Waals surface area contributed by atoms with Crippen LogP contribution in [0.1, 0.15) is 34.2 Å². The molecule has 8 heteroatoms. The monoisotopic (exact) mass is 423 g/mol. The zero-order valence-electron chi connectivity index (χ0n) is 17.3. The maximum Gasteiger partial charge on any atom is 0.251 e. The van der Waals surface area contributed by atoms with Crippen molar-refractivity contribution in [3.05, 3.63) is 71.0 Å². The molecular weight excluding hydrogens is 398 g/mol. The van der Waals surface area contributed by atoms with Crippen molar-refractivity contribution >= 4 is 29.3 Å². The molecule has 0 radical (unpaired) electrons. The predicted octanol–water partition coefficient (Wildman–Crippen LogP) is 3.58. The minimum absolute atomic E-state index is 0.106. The van der Waals surface area contributed by atoms with Crippen molar-refractivity contribution in [2.75, 3.05) is 11.1 Å². The largest absolute Gasteiger partial charge is 0.345 e. The summed E-state index contributed by atoms with van der Waals surface area (Å²) in [7, 11) is 0. The number of nitrogens with zero attached hydrogens (tertiary/aromatic N) is 3. The van der Waals surface area contributed by atoms with E-state index in [-0.39, 0.29) is 24.1 Å². The molecule has 0 fully saturated rings. The van der Waals surface area contributed by atoms with Gasteiger partial charge in [0, 0.05) is 17.8 Å². The zero-order valence-corrected chi connectivity index (χ0v) is 18.1. The number of thioether (sulfide) groups is 1. The number of carbonyl (C=O) groups excluding carboxylic acids is 2. The number of hydrogen-bond donors (Lipinski definition) is 2. The van der Waals surface area contributed by atoms with E-state index in [0.29, 0.717) is 23.1 Å². The number of amides is 2. The maximum absolute atomic E-state index is 12.4. The summed E-state index contributed by atoms with van der Waals surface area (Å²) in [6.45, 7) is 6.82. The Balaban J connectivity index is 1.57. The average molecular weight is 424 g/mol. The van der Waals surface area contributed by atoms with Crippen molar-refractivity contribution in [2.24, 2.45) is 0 Å². The van der Waals surface area contributed by atoms with Crippen molar-refractivity contribution in [1.82, 2.24) is 20.1 Å². The lowest BCUT2D eigenvalue weighted by atomic mass is 10.1. The fourth-order valence-electron chi connectivity index (χ4n) is 2.97. The zero-order chi connectivity index (χ0) is 21.5. The van der Waals surface area contributed by atoms with E-state index in [1.165, 1.54) is 11.8 Å². The second-order valence-corrected chi connectivity index (χ2v) is 7.84. The Kier molecular flexibility index (Phi) is 7.24. The van der Waals surface area contributed by atoms with Gasteiger partial charge in [-0.05, 0) is 50.6 Å². The summed E-state index contributed by atoms with van der Waals surface area (Å²) in [5.41, 5.74) is 3.50. The number of carbonyl (C=O) groups is 2. The van der Waals surface area contributed by atoms with Crippen LogP contribution in [-0.2, 0) is 17.9 Å². The minimum Gasteiger partial charge on any atom is -0.345 e. The summed E-state index contributed by atoms with van der Waals surface area (Å²) >= 11 is 1.32. The Bertz CT molecular complexity index is 1050. The van der Waals surface area contributed by atoms with Gasteiger partial charge < -0.3 is 15.2 Å². The molecule has 0 aliphatic carbocycles. The summed E-state index contributed by atoms with van der Waals surface area (Å²) in [5.74, 6) is 0.614. The number of aryl methyl sites for hydroxylation is 2. The van der Waals surface area contributed by atoms with Crippen LogP contribution in [0.25, 0.3) is 0 Å². The van der Waals surface area contributed by atoms with Gasteiger partial charge in [0.15, 0.2) is 11.0 Å². The molecule has 2 amide bonds. The molecule has 0 atom stereocenters. The molecule has 1 aromatic heterocycles. The van der Waals surface area contributed by atoms with Crippen LogP contribution in [0.4, 0.5) is 5.69 Å². The first-order chi connectivity index (χ1) is 14.5. The van der Waals surface area contributed by atoms with Gasteiger partial charge in [-0.1, -0.05) is 41.6 Å². The Morgan fingerprint density at radius 1 is 1.03 bits per heavy atom. The molecule has 0 unspecified atom stereocenters. The van der Waals surface area contributed by atoms with Gasteiger partial charge in [0.1, 0.15) is 0 Å². The van der Waals surface area contributed by atoms with Crippen molar-refractivity contribution in [3.63, 3.8) is 0 Å². The highest BCUT2D eigenvalue weighted by atomic mass is 32.2. The molecule has 156 valence electrons. The van der Waals surface area contributed by atoms with Gasteiger partial charge in [0.05, 0.1) is 12.3 Å². The van der Waals surface area contributed by atoms with Gasteiger partial charge in [-0.3, -0.25) is 9.59 Å². The molecule has 0 saturated heterocycles. The van der Waals surface area contributed by atoms with Crippen molar-refractivity contribution in [2.45, 2.75) is 39.0 Å². The predicted molar refractivity (Wildman–Crippen MR) is 119 cm³/mol. The highest BCUT2D eigenvalue weighted by molar-refractivity contribution is 7.99. The van der Waals surface area contributed by atoms with Crippen molar-refractivity contribution in [3.8, 4) is 0 Å². The van der Waals surface area contributed by atoms with E-state index in [0.717, 1.165) is 16.8 Å². The third-order valence-electron chi connectivity index (χ3n) is 4.43. The smallest absolute Gasteiger partial charge is 0.251 e. The molecule has 0 spiro atoms. The van der Waals surface area contributed by atoms with Crippen LogP contribution in [0.15, 0.2) is 53.7 Å². The first-order valence-corrected chi connectivity index (χ1v) is 10.7. The van der Waals surface area contributed by atoms with Crippen LogP contribution in [-0.4, -0.2) is 32.3 Å². The summed E-state index contributed by atoms with van der Waals surface area (Å²) in [4.78, 5) is 24.6. The van der Waals surface area contributed by atoms with E-state index in [1.54, 1.807) is 6.07 Å². The summed E-state index contributed by atoms with van der Waals surface area (Å²) < 4.78 is 1.90. The lowest BCUT2D eigenvalue weighted by Gasteiger charge is -2.09. The Morgan fingerprint density at radius 2 is 1.77 bits per heavy atom. The molecule has 0 aliphatic rings. The van der Waals surface area contributed by atoms with Gasteiger partial charge in [-0.25, -0.2) is 0 Å². The lowest BCUT2D eigenvalue weighted by Crippen LogP contribution is -2.25.